The molecule has 1 amide bonds. The van der Waals surface area contributed by atoms with Gasteiger partial charge in [-0.05, 0) is 31.4 Å². The van der Waals surface area contributed by atoms with Crippen LogP contribution < -0.4 is 5.32 Å². The molecule has 7 nitrogen and oxygen atoms in total. The van der Waals surface area contributed by atoms with E-state index in [-0.39, 0.29) is 22.3 Å². The third-order valence-corrected chi connectivity index (χ3v) is 3.75. The summed E-state index contributed by atoms with van der Waals surface area (Å²) in [5.74, 6) is -1.95. The second-order valence-electron chi connectivity index (χ2n) is 4.94. The van der Waals surface area contributed by atoms with E-state index in [1.54, 1.807) is 0 Å². The molecule has 0 radical (unpaired) electrons. The number of carboxylic acid groups (broad SMARTS) is 1. The number of nitro benzene ring substituents is 1. The van der Waals surface area contributed by atoms with E-state index in [0.29, 0.717) is 19.3 Å². The fraction of sp³-hybridized carbons (Fsp3) is 0.385. The van der Waals surface area contributed by atoms with Crippen LogP contribution in [-0.2, 0) is 4.79 Å². The molecule has 0 spiro atoms. The van der Waals surface area contributed by atoms with Crippen LogP contribution in [-0.4, -0.2) is 27.9 Å². The SMILES string of the molecule is O=C(NC1CCC(C(=O)O)C1)c1ccc(Cl)cc1[N+](=O)[O-]. The van der Waals surface area contributed by atoms with Gasteiger partial charge in [-0.2, -0.15) is 0 Å². The van der Waals surface area contributed by atoms with Crippen molar-refractivity contribution in [2.45, 2.75) is 25.3 Å². The van der Waals surface area contributed by atoms with Gasteiger partial charge < -0.3 is 10.4 Å². The number of amides is 1. The summed E-state index contributed by atoms with van der Waals surface area (Å²) in [5, 5.41) is 22.7. The minimum absolute atomic E-state index is 0.0804. The van der Waals surface area contributed by atoms with Crippen LogP contribution in [0.1, 0.15) is 29.6 Å². The van der Waals surface area contributed by atoms with Crippen molar-refractivity contribution in [2.24, 2.45) is 5.92 Å². The molecule has 1 aliphatic rings. The maximum Gasteiger partial charge on any atom is 0.306 e. The summed E-state index contributed by atoms with van der Waals surface area (Å²) in [7, 11) is 0. The molecule has 112 valence electrons. The maximum absolute atomic E-state index is 12.1. The van der Waals surface area contributed by atoms with Crippen molar-refractivity contribution < 1.29 is 19.6 Å². The Kier molecular flexibility index (Phi) is 4.42. The lowest BCUT2D eigenvalue weighted by Gasteiger charge is -2.12. The molecule has 2 atom stereocenters. The molecule has 2 unspecified atom stereocenters. The number of hydrogen-bond acceptors (Lipinski definition) is 4. The molecule has 21 heavy (non-hydrogen) atoms. The van der Waals surface area contributed by atoms with Gasteiger partial charge in [-0.25, -0.2) is 0 Å². The van der Waals surface area contributed by atoms with Crippen LogP contribution in [0.25, 0.3) is 0 Å². The minimum atomic E-state index is -0.885. The van der Waals surface area contributed by atoms with Crippen LogP contribution in [0, 0.1) is 16.0 Å². The van der Waals surface area contributed by atoms with Gasteiger partial charge in [0.2, 0.25) is 0 Å². The number of benzene rings is 1. The third-order valence-electron chi connectivity index (χ3n) is 3.52. The molecule has 1 aromatic carbocycles. The topological polar surface area (TPSA) is 110 Å². The standard InChI is InChI=1S/C13H13ClN2O5/c14-8-2-4-10(11(6-8)16(20)21)12(17)15-9-3-1-7(5-9)13(18)19/h2,4,6-7,9H,1,3,5H2,(H,15,17)(H,18,19). The van der Waals surface area contributed by atoms with Gasteiger partial charge in [-0.15, -0.1) is 0 Å². The summed E-state index contributed by atoms with van der Waals surface area (Å²) in [6.45, 7) is 0. The highest BCUT2D eigenvalue weighted by atomic mass is 35.5. The Bertz CT molecular complexity index is 604. The quantitative estimate of drug-likeness (QED) is 0.654. The molecule has 1 aliphatic carbocycles. The number of carbonyl (C=O) groups excluding carboxylic acids is 1. The van der Waals surface area contributed by atoms with Crippen LogP contribution in [0.2, 0.25) is 5.02 Å². The molecule has 0 aliphatic heterocycles. The summed E-state index contributed by atoms with van der Waals surface area (Å²) >= 11 is 5.69. The third kappa shape index (κ3) is 3.49. The highest BCUT2D eigenvalue weighted by molar-refractivity contribution is 6.31. The van der Waals surface area contributed by atoms with Crippen molar-refractivity contribution in [3.63, 3.8) is 0 Å². The zero-order chi connectivity index (χ0) is 15.6. The van der Waals surface area contributed by atoms with Gasteiger partial charge in [0.1, 0.15) is 5.56 Å². The fourth-order valence-corrected chi connectivity index (χ4v) is 2.61. The molecule has 1 aromatic rings. The summed E-state index contributed by atoms with van der Waals surface area (Å²) < 4.78 is 0. The lowest BCUT2D eigenvalue weighted by Crippen LogP contribution is -2.33. The van der Waals surface area contributed by atoms with E-state index in [1.807, 2.05) is 0 Å². The first-order chi connectivity index (χ1) is 9.88. The lowest BCUT2D eigenvalue weighted by atomic mass is 10.1. The first-order valence-corrected chi connectivity index (χ1v) is 6.74. The maximum atomic E-state index is 12.1. The number of aliphatic carboxylic acids is 1. The molecular weight excluding hydrogens is 300 g/mol. The molecule has 2 rings (SSSR count). The Morgan fingerprint density at radius 1 is 1.38 bits per heavy atom. The van der Waals surface area contributed by atoms with E-state index in [1.165, 1.54) is 12.1 Å². The Morgan fingerprint density at radius 3 is 2.67 bits per heavy atom. The molecule has 0 saturated heterocycles. The van der Waals surface area contributed by atoms with Gasteiger partial charge >= 0.3 is 5.97 Å². The minimum Gasteiger partial charge on any atom is -0.481 e. The number of rotatable bonds is 4. The van der Waals surface area contributed by atoms with Gasteiger partial charge in [0.15, 0.2) is 0 Å². The van der Waals surface area contributed by atoms with Crippen LogP contribution >= 0.6 is 11.6 Å². The van der Waals surface area contributed by atoms with Gasteiger partial charge in [0, 0.05) is 17.1 Å². The van der Waals surface area contributed by atoms with E-state index in [0.717, 1.165) is 6.07 Å². The fourth-order valence-electron chi connectivity index (χ4n) is 2.45. The van der Waals surface area contributed by atoms with Crippen molar-refractivity contribution in [2.75, 3.05) is 0 Å². The second-order valence-corrected chi connectivity index (χ2v) is 5.37. The smallest absolute Gasteiger partial charge is 0.306 e. The summed E-state index contributed by atoms with van der Waals surface area (Å²) in [6.07, 6.45) is 1.37. The van der Waals surface area contributed by atoms with Crippen LogP contribution in [0.3, 0.4) is 0 Å². The lowest BCUT2D eigenvalue weighted by molar-refractivity contribution is -0.385. The normalized spacial score (nSPS) is 21.0. The van der Waals surface area contributed by atoms with E-state index < -0.39 is 22.7 Å². The average Bonchev–Trinajstić information content (AvgIpc) is 2.87. The van der Waals surface area contributed by atoms with Gasteiger partial charge in [-0.3, -0.25) is 19.7 Å². The van der Waals surface area contributed by atoms with E-state index in [4.69, 9.17) is 16.7 Å². The number of hydrogen-bond donors (Lipinski definition) is 2. The van der Waals surface area contributed by atoms with E-state index >= 15 is 0 Å². The summed E-state index contributed by atoms with van der Waals surface area (Å²) in [4.78, 5) is 33.2. The number of nitro groups is 1. The molecule has 0 heterocycles. The predicted molar refractivity (Wildman–Crippen MR) is 74.3 cm³/mol. The van der Waals surface area contributed by atoms with Gasteiger partial charge in [0.25, 0.3) is 11.6 Å². The molecule has 1 saturated carbocycles. The molecule has 1 fully saturated rings. The van der Waals surface area contributed by atoms with Gasteiger partial charge in [-0.1, -0.05) is 11.6 Å². The van der Waals surface area contributed by atoms with Crippen molar-refractivity contribution in [1.29, 1.82) is 0 Å². The highest BCUT2D eigenvalue weighted by Gasteiger charge is 2.31. The van der Waals surface area contributed by atoms with E-state index in [9.17, 15) is 19.7 Å². The zero-order valence-corrected chi connectivity index (χ0v) is 11.7. The molecule has 0 aromatic heterocycles. The number of carbonyl (C=O) groups is 2. The summed E-state index contributed by atoms with van der Waals surface area (Å²) in [5.41, 5.74) is -0.448. The largest absolute Gasteiger partial charge is 0.481 e. The number of nitrogens with zero attached hydrogens (tertiary/aromatic N) is 1. The summed E-state index contributed by atoms with van der Waals surface area (Å²) in [6, 6.07) is 3.52. The first-order valence-electron chi connectivity index (χ1n) is 6.36. The molecule has 2 N–H and O–H groups in total. The Hall–Kier alpha value is -2.15. The number of nitrogens with one attached hydrogen (secondary N) is 1. The van der Waals surface area contributed by atoms with Gasteiger partial charge in [0.05, 0.1) is 10.8 Å². The average molecular weight is 313 g/mol. The van der Waals surface area contributed by atoms with Crippen molar-refractivity contribution in [3.8, 4) is 0 Å². The molecule has 8 heteroatoms. The predicted octanol–water partition coefficient (Wildman–Crippen LogP) is 2.23. The van der Waals surface area contributed by atoms with E-state index in [2.05, 4.69) is 5.32 Å². The number of halogens is 1. The highest BCUT2D eigenvalue weighted by Crippen LogP contribution is 2.27. The monoisotopic (exact) mass is 312 g/mol. The Morgan fingerprint density at radius 2 is 2.10 bits per heavy atom. The van der Waals surface area contributed by atoms with Crippen molar-refractivity contribution in [3.05, 3.63) is 38.9 Å². The first kappa shape index (κ1) is 15.2. The molecule has 0 bridgehead atoms. The Balaban J connectivity index is 2.11. The van der Waals surface area contributed by atoms with Crippen LogP contribution in [0.5, 0.6) is 0 Å². The number of carboxylic acids is 1. The van der Waals surface area contributed by atoms with Crippen molar-refractivity contribution >= 4 is 29.2 Å². The van der Waals surface area contributed by atoms with Crippen LogP contribution in [0.4, 0.5) is 5.69 Å². The van der Waals surface area contributed by atoms with Crippen molar-refractivity contribution in [1.82, 2.24) is 5.32 Å². The second kappa shape index (κ2) is 6.09. The zero-order valence-electron chi connectivity index (χ0n) is 10.9. The molecular formula is C13H13ClN2O5. The Labute approximate surface area is 125 Å². The van der Waals surface area contributed by atoms with Crippen LogP contribution in [0.15, 0.2) is 18.2 Å².